The molecule has 0 fully saturated rings. The highest BCUT2D eigenvalue weighted by Gasteiger charge is 2.16. The summed E-state index contributed by atoms with van der Waals surface area (Å²) in [5.74, 6) is 0.923. The first-order chi connectivity index (χ1) is 11.0. The molecule has 2 aromatic heterocycles. The van der Waals surface area contributed by atoms with E-state index >= 15 is 0 Å². The highest BCUT2D eigenvalue weighted by molar-refractivity contribution is 9.10. The Morgan fingerprint density at radius 3 is 2.74 bits per heavy atom. The van der Waals surface area contributed by atoms with Gasteiger partial charge in [-0.25, -0.2) is 4.39 Å². The van der Waals surface area contributed by atoms with E-state index < -0.39 is 0 Å². The van der Waals surface area contributed by atoms with E-state index in [-0.39, 0.29) is 11.9 Å². The molecule has 0 aliphatic carbocycles. The quantitative estimate of drug-likeness (QED) is 0.616. The molecule has 4 nitrogen and oxygen atoms in total. The summed E-state index contributed by atoms with van der Waals surface area (Å²) in [6.07, 6.45) is 0. The van der Waals surface area contributed by atoms with Crippen LogP contribution in [0.5, 0.6) is 0 Å². The molecule has 1 unspecified atom stereocenters. The second-order valence-corrected chi connectivity index (χ2v) is 7.11. The van der Waals surface area contributed by atoms with Crippen molar-refractivity contribution in [3.63, 3.8) is 0 Å². The van der Waals surface area contributed by atoms with Crippen molar-refractivity contribution in [1.29, 1.82) is 0 Å². The number of benzene rings is 1. The third-order valence-corrected chi connectivity index (χ3v) is 5.34. The van der Waals surface area contributed by atoms with E-state index in [1.54, 1.807) is 23.5 Å². The van der Waals surface area contributed by atoms with Crippen molar-refractivity contribution in [2.45, 2.75) is 19.5 Å². The molecule has 3 aromatic rings. The van der Waals surface area contributed by atoms with Crippen molar-refractivity contribution in [1.82, 2.24) is 15.0 Å². The Morgan fingerprint density at radius 1 is 1.35 bits per heavy atom. The highest BCUT2D eigenvalue weighted by Crippen LogP contribution is 2.28. The minimum atomic E-state index is -0.229. The molecular weight excluding hydrogens is 381 g/mol. The number of halogens is 2. The normalized spacial score (nSPS) is 12.7. The molecule has 0 N–H and O–H groups in total. The molecule has 0 saturated carbocycles. The molecule has 0 saturated heterocycles. The van der Waals surface area contributed by atoms with Crippen molar-refractivity contribution >= 4 is 27.3 Å². The summed E-state index contributed by atoms with van der Waals surface area (Å²) in [6, 6.07) is 8.60. The fourth-order valence-electron chi connectivity index (χ4n) is 2.20. The lowest BCUT2D eigenvalue weighted by molar-refractivity contribution is 0.216. The molecule has 0 aliphatic rings. The van der Waals surface area contributed by atoms with Crippen LogP contribution in [-0.2, 0) is 6.54 Å². The Labute approximate surface area is 146 Å². The van der Waals surface area contributed by atoms with Crippen molar-refractivity contribution in [3.05, 3.63) is 57.5 Å². The maximum absolute atomic E-state index is 13.0. The molecule has 0 spiro atoms. The minimum absolute atomic E-state index is 0.113. The Hall–Kier alpha value is -1.57. The summed E-state index contributed by atoms with van der Waals surface area (Å²) in [7, 11) is 1.97. The van der Waals surface area contributed by atoms with Crippen molar-refractivity contribution in [3.8, 4) is 10.7 Å². The van der Waals surface area contributed by atoms with Gasteiger partial charge in [-0.1, -0.05) is 17.3 Å². The molecule has 7 heteroatoms. The van der Waals surface area contributed by atoms with E-state index in [0.717, 1.165) is 14.9 Å². The van der Waals surface area contributed by atoms with Crippen molar-refractivity contribution in [2.24, 2.45) is 0 Å². The van der Waals surface area contributed by atoms with Crippen LogP contribution in [0.1, 0.15) is 24.4 Å². The maximum atomic E-state index is 13.0. The minimum Gasteiger partial charge on any atom is -0.338 e. The first kappa shape index (κ1) is 16.3. The average molecular weight is 396 g/mol. The van der Waals surface area contributed by atoms with Gasteiger partial charge in [-0.15, -0.1) is 11.3 Å². The fraction of sp³-hybridized carbons (Fsp3) is 0.250. The number of thiophene rings is 1. The predicted molar refractivity (Wildman–Crippen MR) is 91.6 cm³/mol. The third-order valence-electron chi connectivity index (χ3n) is 3.65. The van der Waals surface area contributed by atoms with E-state index in [0.29, 0.717) is 18.3 Å². The molecule has 120 valence electrons. The summed E-state index contributed by atoms with van der Waals surface area (Å²) in [5.41, 5.74) is 1.04. The lowest BCUT2D eigenvalue weighted by Crippen LogP contribution is -2.22. The number of hydrogen-bond donors (Lipinski definition) is 0. The third kappa shape index (κ3) is 3.85. The van der Waals surface area contributed by atoms with Crippen LogP contribution in [0.3, 0.4) is 0 Å². The van der Waals surface area contributed by atoms with E-state index in [2.05, 4.69) is 37.9 Å². The second kappa shape index (κ2) is 6.90. The molecule has 23 heavy (non-hydrogen) atoms. The lowest BCUT2D eigenvalue weighted by Gasteiger charge is -2.23. The van der Waals surface area contributed by atoms with Crippen LogP contribution in [0.4, 0.5) is 4.39 Å². The maximum Gasteiger partial charge on any atom is 0.241 e. The summed E-state index contributed by atoms with van der Waals surface area (Å²) < 4.78 is 19.4. The van der Waals surface area contributed by atoms with Crippen LogP contribution in [0.2, 0.25) is 0 Å². The molecule has 0 aliphatic heterocycles. The van der Waals surface area contributed by atoms with Gasteiger partial charge in [-0.2, -0.15) is 4.98 Å². The summed E-state index contributed by atoms with van der Waals surface area (Å²) in [6.45, 7) is 2.58. The first-order valence-electron chi connectivity index (χ1n) is 7.05. The molecule has 3 rings (SSSR count). The molecule has 2 heterocycles. The summed E-state index contributed by atoms with van der Waals surface area (Å²) in [4.78, 5) is 7.47. The Morgan fingerprint density at radius 2 is 2.09 bits per heavy atom. The van der Waals surface area contributed by atoms with Crippen LogP contribution in [0, 0.1) is 5.82 Å². The van der Waals surface area contributed by atoms with Crippen molar-refractivity contribution < 1.29 is 8.91 Å². The van der Waals surface area contributed by atoms with Gasteiger partial charge in [0.05, 0.1) is 11.4 Å². The molecule has 1 aromatic carbocycles. The monoisotopic (exact) mass is 395 g/mol. The Kier molecular flexibility index (Phi) is 4.89. The Bertz CT molecular complexity index is 787. The molecule has 0 bridgehead atoms. The zero-order valence-electron chi connectivity index (χ0n) is 12.7. The van der Waals surface area contributed by atoms with E-state index in [1.165, 1.54) is 12.1 Å². The zero-order valence-corrected chi connectivity index (χ0v) is 15.1. The van der Waals surface area contributed by atoms with Crippen LogP contribution in [-0.4, -0.2) is 22.1 Å². The van der Waals surface area contributed by atoms with Gasteiger partial charge in [-0.05, 0) is 53.7 Å². The smallest absolute Gasteiger partial charge is 0.241 e. The Balaban J connectivity index is 1.69. The predicted octanol–water partition coefficient (Wildman–Crippen LogP) is 4.89. The van der Waals surface area contributed by atoms with Gasteiger partial charge < -0.3 is 4.52 Å². The van der Waals surface area contributed by atoms with Crippen LogP contribution in [0.15, 0.2) is 44.7 Å². The largest absolute Gasteiger partial charge is 0.338 e. The van der Waals surface area contributed by atoms with Crippen LogP contribution in [0.25, 0.3) is 10.7 Å². The summed E-state index contributed by atoms with van der Waals surface area (Å²) >= 11 is 4.97. The lowest BCUT2D eigenvalue weighted by atomic mass is 10.1. The zero-order chi connectivity index (χ0) is 16.4. The number of aromatic nitrogens is 2. The average Bonchev–Trinajstić information content (AvgIpc) is 3.16. The summed E-state index contributed by atoms with van der Waals surface area (Å²) in [5, 5.41) is 6.00. The number of nitrogens with zero attached hydrogens (tertiary/aromatic N) is 3. The highest BCUT2D eigenvalue weighted by atomic mass is 79.9. The fourth-order valence-corrected chi connectivity index (χ4v) is 3.55. The van der Waals surface area contributed by atoms with E-state index in [1.807, 2.05) is 18.5 Å². The van der Waals surface area contributed by atoms with Crippen LogP contribution < -0.4 is 0 Å². The van der Waals surface area contributed by atoms with Gasteiger partial charge in [0.1, 0.15) is 5.82 Å². The topological polar surface area (TPSA) is 42.2 Å². The van der Waals surface area contributed by atoms with Gasteiger partial charge in [-0.3, -0.25) is 4.90 Å². The van der Waals surface area contributed by atoms with Gasteiger partial charge in [0.2, 0.25) is 11.7 Å². The molecule has 0 radical (unpaired) electrons. The standard InChI is InChI=1S/C16H15BrFN3OS/c1-10(11-3-5-13(18)6-4-11)21(2)8-15-19-16(20-22-15)14-7-12(17)9-23-14/h3-7,9-10H,8H2,1-2H3. The van der Waals surface area contributed by atoms with Gasteiger partial charge in [0.15, 0.2) is 0 Å². The molecule has 1 atom stereocenters. The van der Waals surface area contributed by atoms with Gasteiger partial charge in [0.25, 0.3) is 0 Å². The van der Waals surface area contributed by atoms with Crippen molar-refractivity contribution in [2.75, 3.05) is 7.05 Å². The first-order valence-corrected chi connectivity index (χ1v) is 8.73. The second-order valence-electron chi connectivity index (χ2n) is 5.28. The van der Waals surface area contributed by atoms with E-state index in [9.17, 15) is 4.39 Å². The number of rotatable bonds is 5. The molecular formula is C16H15BrFN3OS. The molecule has 0 amide bonds. The SMILES string of the molecule is CC(c1ccc(F)cc1)N(C)Cc1nc(-c2cc(Br)cs2)no1. The van der Waals surface area contributed by atoms with Gasteiger partial charge in [0, 0.05) is 15.9 Å². The van der Waals surface area contributed by atoms with E-state index in [4.69, 9.17) is 4.52 Å². The van der Waals surface area contributed by atoms with Gasteiger partial charge >= 0.3 is 0 Å². The van der Waals surface area contributed by atoms with Crippen LogP contribution >= 0.6 is 27.3 Å². The number of hydrogen-bond acceptors (Lipinski definition) is 5.